The number of hydrogen-bond donors (Lipinski definition) is 0. The Labute approximate surface area is 285 Å². The summed E-state index contributed by atoms with van der Waals surface area (Å²) in [5.41, 5.74) is 8.47. The molecule has 4 nitrogen and oxygen atoms in total. The summed E-state index contributed by atoms with van der Waals surface area (Å²) in [5, 5.41) is 5.97. The van der Waals surface area contributed by atoms with E-state index in [0.717, 1.165) is 50.2 Å². The van der Waals surface area contributed by atoms with Crippen molar-refractivity contribution in [3.8, 4) is 28.4 Å². The number of furan rings is 1. The summed E-state index contributed by atoms with van der Waals surface area (Å²) in [7, 11) is 0. The Balaban J connectivity index is 1.09. The summed E-state index contributed by atoms with van der Waals surface area (Å²) >= 11 is 1.80. The van der Waals surface area contributed by atoms with E-state index in [1.807, 2.05) is 18.2 Å². The lowest BCUT2D eigenvalue weighted by Gasteiger charge is -2.25. The van der Waals surface area contributed by atoms with Gasteiger partial charge in [-0.1, -0.05) is 115 Å². The van der Waals surface area contributed by atoms with Crippen molar-refractivity contribution in [1.29, 1.82) is 0 Å². The lowest BCUT2D eigenvalue weighted by Crippen LogP contribution is -2.23. The lowest BCUT2D eigenvalue weighted by molar-refractivity contribution is 0.258. The predicted molar refractivity (Wildman–Crippen MR) is 201 cm³/mol. The molecule has 0 fully saturated rings. The van der Waals surface area contributed by atoms with E-state index < -0.39 is 0 Å². The van der Waals surface area contributed by atoms with Gasteiger partial charge in [-0.25, -0.2) is 9.97 Å². The molecule has 0 saturated carbocycles. The van der Waals surface area contributed by atoms with Crippen LogP contribution in [0.3, 0.4) is 0 Å². The third-order valence-corrected chi connectivity index (χ3v) is 11.2. The Morgan fingerprint density at radius 3 is 2.45 bits per heavy atom. The van der Waals surface area contributed by atoms with E-state index in [9.17, 15) is 0 Å². The van der Waals surface area contributed by atoms with E-state index in [-0.39, 0.29) is 12.0 Å². The molecule has 0 spiro atoms. The number of rotatable bonds is 3. The van der Waals surface area contributed by atoms with Crippen molar-refractivity contribution < 1.29 is 9.15 Å². The maximum absolute atomic E-state index is 6.82. The van der Waals surface area contributed by atoms with Crippen LogP contribution in [0.1, 0.15) is 17.0 Å². The summed E-state index contributed by atoms with van der Waals surface area (Å²) < 4.78 is 15.9. The van der Waals surface area contributed by atoms with Crippen molar-refractivity contribution in [2.45, 2.75) is 12.0 Å². The molecule has 1 aliphatic heterocycles. The highest BCUT2D eigenvalue weighted by molar-refractivity contribution is 7.25. The molecule has 4 heterocycles. The number of ether oxygens (including phenoxy) is 1. The molecule has 2 aliphatic rings. The molecular weight excluding hydrogens is 621 g/mol. The minimum atomic E-state index is -0.148. The molecule has 1 aliphatic carbocycles. The summed E-state index contributed by atoms with van der Waals surface area (Å²) in [6.45, 7) is 0. The smallest absolute Gasteiger partial charge is 0.180 e. The summed E-state index contributed by atoms with van der Waals surface area (Å²) in [4.78, 5) is 10.5. The number of fused-ring (bicyclic) bond motifs is 10. The second-order valence-electron chi connectivity index (χ2n) is 12.8. The second kappa shape index (κ2) is 10.2. The van der Waals surface area contributed by atoms with Crippen LogP contribution in [-0.4, -0.2) is 16.1 Å². The molecule has 11 rings (SSSR count). The van der Waals surface area contributed by atoms with Gasteiger partial charge in [0.25, 0.3) is 0 Å². The van der Waals surface area contributed by atoms with Crippen molar-refractivity contribution in [3.05, 3.63) is 157 Å². The quantitative estimate of drug-likeness (QED) is 0.192. The molecule has 0 saturated heterocycles. The first-order chi connectivity index (χ1) is 24.3. The summed E-state index contributed by atoms with van der Waals surface area (Å²) in [6, 6.07) is 44.8. The van der Waals surface area contributed by atoms with E-state index in [1.54, 1.807) is 11.3 Å². The number of benzene rings is 6. The highest BCUT2D eigenvalue weighted by Crippen LogP contribution is 2.50. The van der Waals surface area contributed by atoms with Gasteiger partial charge in [-0.2, -0.15) is 0 Å². The van der Waals surface area contributed by atoms with Gasteiger partial charge in [0.15, 0.2) is 11.4 Å². The number of nitrogens with zero attached hydrogens (tertiary/aromatic N) is 2. The highest BCUT2D eigenvalue weighted by atomic mass is 32.1. The fraction of sp³-hybridized carbons (Fsp3) is 0.0455. The Morgan fingerprint density at radius 1 is 0.653 bits per heavy atom. The van der Waals surface area contributed by atoms with Crippen LogP contribution in [-0.2, 0) is 0 Å². The molecule has 0 N–H and O–H groups in total. The van der Waals surface area contributed by atoms with Gasteiger partial charge in [-0.3, -0.25) is 0 Å². The molecule has 6 aromatic carbocycles. The maximum Gasteiger partial charge on any atom is 0.180 e. The second-order valence-corrected chi connectivity index (χ2v) is 13.9. The number of allylic oxidation sites excluding steroid dienone is 2. The van der Waals surface area contributed by atoms with Gasteiger partial charge in [0.2, 0.25) is 0 Å². The van der Waals surface area contributed by atoms with Gasteiger partial charge < -0.3 is 9.15 Å². The molecule has 230 valence electrons. The zero-order valence-corrected chi connectivity index (χ0v) is 26.9. The minimum absolute atomic E-state index is 0.0741. The third-order valence-electron chi connectivity index (χ3n) is 10.1. The Hall–Kier alpha value is -6.04. The molecule has 2 unspecified atom stereocenters. The summed E-state index contributed by atoms with van der Waals surface area (Å²) in [6.07, 6.45) is 6.48. The number of aromatic nitrogens is 2. The van der Waals surface area contributed by atoms with Gasteiger partial charge in [0.05, 0.1) is 0 Å². The normalized spacial score (nSPS) is 16.8. The monoisotopic (exact) mass is 646 g/mol. The predicted octanol–water partition coefficient (Wildman–Crippen LogP) is 11.7. The van der Waals surface area contributed by atoms with Crippen LogP contribution in [0.2, 0.25) is 0 Å². The van der Waals surface area contributed by atoms with Crippen LogP contribution in [0.25, 0.3) is 81.2 Å². The average molecular weight is 647 g/mol. The Kier molecular flexibility index (Phi) is 5.63. The van der Waals surface area contributed by atoms with Crippen LogP contribution >= 0.6 is 11.3 Å². The maximum atomic E-state index is 6.82. The van der Waals surface area contributed by atoms with Crippen LogP contribution in [0, 0.1) is 0 Å². The van der Waals surface area contributed by atoms with E-state index in [4.69, 9.17) is 19.1 Å². The Morgan fingerprint density at radius 2 is 1.49 bits per heavy atom. The first-order valence-corrected chi connectivity index (χ1v) is 17.4. The molecule has 3 aromatic heterocycles. The van der Waals surface area contributed by atoms with Gasteiger partial charge in [0.1, 0.15) is 28.6 Å². The first kappa shape index (κ1) is 27.0. The third kappa shape index (κ3) is 4.03. The zero-order valence-electron chi connectivity index (χ0n) is 26.1. The van der Waals surface area contributed by atoms with Gasteiger partial charge in [-0.15, -0.1) is 11.3 Å². The van der Waals surface area contributed by atoms with Gasteiger partial charge in [-0.05, 0) is 46.7 Å². The lowest BCUT2D eigenvalue weighted by atomic mass is 9.82. The fourth-order valence-electron chi connectivity index (χ4n) is 7.76. The molecular formula is C44H26N2O2S. The largest absolute Gasteiger partial charge is 0.484 e. The average Bonchev–Trinajstić information content (AvgIpc) is 3.85. The highest BCUT2D eigenvalue weighted by Gasteiger charge is 2.38. The zero-order chi connectivity index (χ0) is 32.1. The van der Waals surface area contributed by atoms with E-state index in [2.05, 4.69) is 127 Å². The van der Waals surface area contributed by atoms with Gasteiger partial charge >= 0.3 is 0 Å². The van der Waals surface area contributed by atoms with Crippen LogP contribution in [0.4, 0.5) is 0 Å². The molecule has 2 atom stereocenters. The van der Waals surface area contributed by atoms with E-state index in [1.165, 1.54) is 36.5 Å². The van der Waals surface area contributed by atoms with Crippen LogP contribution in [0.15, 0.2) is 150 Å². The molecule has 9 aromatic rings. The minimum Gasteiger partial charge on any atom is -0.484 e. The van der Waals surface area contributed by atoms with Crippen molar-refractivity contribution in [3.63, 3.8) is 0 Å². The van der Waals surface area contributed by atoms with Crippen molar-refractivity contribution in [2.75, 3.05) is 0 Å². The Bertz CT molecular complexity index is 2890. The summed E-state index contributed by atoms with van der Waals surface area (Å²) in [5.74, 6) is 1.61. The SMILES string of the molecule is C1=CC(c2ccc3ccccc3c2)C2Oc3cccc(-c4nc(-c5ccc6c(c5)sc5ccccc56)nc5c4oc4ccccc45)c3C2=C1. The molecule has 0 radical (unpaired) electrons. The number of para-hydroxylation sites is 1. The topological polar surface area (TPSA) is 48.2 Å². The molecule has 0 bridgehead atoms. The van der Waals surface area contributed by atoms with Crippen LogP contribution < -0.4 is 4.74 Å². The van der Waals surface area contributed by atoms with Crippen molar-refractivity contribution in [1.82, 2.24) is 9.97 Å². The first-order valence-electron chi connectivity index (χ1n) is 16.6. The van der Waals surface area contributed by atoms with Crippen LogP contribution in [0.5, 0.6) is 5.75 Å². The number of hydrogen-bond acceptors (Lipinski definition) is 5. The van der Waals surface area contributed by atoms with Gasteiger partial charge in [0, 0.05) is 53.7 Å². The van der Waals surface area contributed by atoms with E-state index in [0.29, 0.717) is 11.4 Å². The fourth-order valence-corrected chi connectivity index (χ4v) is 8.91. The number of thiophene rings is 1. The van der Waals surface area contributed by atoms with Crippen molar-refractivity contribution in [2.24, 2.45) is 0 Å². The van der Waals surface area contributed by atoms with E-state index >= 15 is 0 Å². The standard InChI is InChI=1S/C44H26N2O2S/c1-2-10-26-23-27(20-19-25(26)9-1)29-13-7-15-34-39-33(14-8-17-36(39)48-42(29)34)41-43-40(32-12-3-5-16-35(32)47-43)45-44(46-41)28-21-22-31-30-11-4-6-18-37(30)49-38(31)24-28/h1-24,29,42H. The molecule has 5 heteroatoms. The van der Waals surface area contributed by atoms with Crippen molar-refractivity contribution >= 4 is 69.9 Å². The molecule has 49 heavy (non-hydrogen) atoms. The molecule has 0 amide bonds.